The van der Waals surface area contributed by atoms with Gasteiger partial charge in [0.2, 0.25) is 5.69 Å². The number of hydrogen-bond acceptors (Lipinski definition) is 0. The largest absolute Gasteiger partial charge is 0.220 e. The first-order valence-electron chi connectivity index (χ1n) is 10.5. The van der Waals surface area contributed by atoms with Crippen LogP contribution in [0.4, 0.5) is 0 Å². The van der Waals surface area contributed by atoms with Crippen LogP contribution < -0.4 is 4.57 Å². The Balaban J connectivity index is 2.02. The normalized spacial score (nSPS) is 11.4. The third-order valence-electron chi connectivity index (χ3n) is 6.25. The van der Waals surface area contributed by atoms with Crippen LogP contribution in [0.3, 0.4) is 0 Å². The molecule has 1 heteroatoms. The Morgan fingerprint density at radius 2 is 1.48 bits per heavy atom. The Bertz CT molecular complexity index is 1200. The van der Waals surface area contributed by atoms with Crippen molar-refractivity contribution in [2.45, 2.75) is 40.5 Å². The van der Waals surface area contributed by atoms with Crippen LogP contribution in [-0.4, -0.2) is 0 Å². The highest BCUT2D eigenvalue weighted by Gasteiger charge is 2.21. The zero-order chi connectivity index (χ0) is 20.7. The highest BCUT2D eigenvalue weighted by Crippen LogP contribution is 2.34. The molecule has 3 aromatic carbocycles. The van der Waals surface area contributed by atoms with Gasteiger partial charge in [-0.3, -0.25) is 0 Å². The summed E-state index contributed by atoms with van der Waals surface area (Å²) in [5, 5.41) is 2.60. The van der Waals surface area contributed by atoms with Crippen LogP contribution in [0.2, 0.25) is 0 Å². The third kappa shape index (κ3) is 3.46. The summed E-state index contributed by atoms with van der Waals surface area (Å²) in [5.74, 6) is 0.513. The molecule has 0 radical (unpaired) electrons. The number of nitrogens with zero attached hydrogens (tertiary/aromatic N) is 1. The Hall–Kier alpha value is -2.93. The molecule has 0 atom stereocenters. The van der Waals surface area contributed by atoms with Gasteiger partial charge in [0.25, 0.3) is 0 Å². The van der Waals surface area contributed by atoms with E-state index in [0.717, 1.165) is 0 Å². The SMILES string of the molecule is Cc1cc(C(C)C)cc(-c2c3ccc(-c4ccccc4)cc3cc(C)[n+]2C)c1C. The predicted molar refractivity (Wildman–Crippen MR) is 124 cm³/mol. The van der Waals surface area contributed by atoms with Crippen molar-refractivity contribution < 1.29 is 4.57 Å². The molecule has 0 bridgehead atoms. The molecule has 4 rings (SSSR count). The topological polar surface area (TPSA) is 3.88 Å². The lowest BCUT2D eigenvalue weighted by atomic mass is 9.90. The summed E-state index contributed by atoms with van der Waals surface area (Å²) in [7, 11) is 2.19. The van der Waals surface area contributed by atoms with Gasteiger partial charge in [-0.2, -0.15) is 4.57 Å². The van der Waals surface area contributed by atoms with E-state index in [1.165, 1.54) is 55.5 Å². The van der Waals surface area contributed by atoms with Crippen LogP contribution in [0.15, 0.2) is 66.7 Å². The zero-order valence-corrected chi connectivity index (χ0v) is 18.4. The minimum atomic E-state index is 0.513. The molecule has 0 aliphatic rings. The van der Waals surface area contributed by atoms with Crippen LogP contribution >= 0.6 is 0 Å². The molecule has 0 N–H and O–H groups in total. The highest BCUT2D eigenvalue weighted by atomic mass is 14.9. The molecule has 0 unspecified atom stereocenters. The lowest BCUT2D eigenvalue weighted by molar-refractivity contribution is -0.665. The van der Waals surface area contributed by atoms with Gasteiger partial charge in [0.1, 0.15) is 7.05 Å². The first-order chi connectivity index (χ1) is 13.9. The van der Waals surface area contributed by atoms with Gasteiger partial charge < -0.3 is 0 Å². The quantitative estimate of drug-likeness (QED) is 0.335. The zero-order valence-electron chi connectivity index (χ0n) is 18.4. The first kappa shape index (κ1) is 19.4. The molecule has 0 amide bonds. The molecule has 29 heavy (non-hydrogen) atoms. The van der Waals surface area contributed by atoms with Crippen molar-refractivity contribution in [3.8, 4) is 22.4 Å². The van der Waals surface area contributed by atoms with E-state index in [1.807, 2.05) is 0 Å². The average molecular weight is 381 g/mol. The molecular formula is C28H30N+. The fraction of sp³-hybridized carbons (Fsp3) is 0.250. The summed E-state index contributed by atoms with van der Waals surface area (Å²) in [6.45, 7) is 11.2. The molecule has 0 aliphatic heterocycles. The number of aromatic nitrogens is 1. The van der Waals surface area contributed by atoms with Gasteiger partial charge in [0.15, 0.2) is 5.69 Å². The van der Waals surface area contributed by atoms with Crippen molar-refractivity contribution in [2.75, 3.05) is 0 Å². The summed E-state index contributed by atoms with van der Waals surface area (Å²) in [6, 6.07) is 24.6. The van der Waals surface area contributed by atoms with E-state index in [-0.39, 0.29) is 0 Å². The minimum Gasteiger partial charge on any atom is -0.198 e. The van der Waals surface area contributed by atoms with Crippen molar-refractivity contribution in [3.05, 3.63) is 89.1 Å². The van der Waals surface area contributed by atoms with Gasteiger partial charge in [0, 0.05) is 13.0 Å². The molecule has 0 saturated heterocycles. The fourth-order valence-electron chi connectivity index (χ4n) is 4.18. The third-order valence-corrected chi connectivity index (χ3v) is 6.25. The molecule has 146 valence electrons. The number of pyridine rings is 1. The van der Waals surface area contributed by atoms with E-state index in [2.05, 4.69) is 113 Å². The Labute approximate surface area is 174 Å². The Kier molecular flexibility index (Phi) is 5.00. The number of rotatable bonds is 3. The van der Waals surface area contributed by atoms with Gasteiger partial charge in [-0.25, -0.2) is 0 Å². The van der Waals surface area contributed by atoms with E-state index in [4.69, 9.17) is 0 Å². The van der Waals surface area contributed by atoms with Crippen molar-refractivity contribution in [3.63, 3.8) is 0 Å². The van der Waals surface area contributed by atoms with Crippen LogP contribution in [-0.2, 0) is 7.05 Å². The predicted octanol–water partition coefficient (Wildman–Crippen LogP) is 7.05. The van der Waals surface area contributed by atoms with Crippen LogP contribution in [0.5, 0.6) is 0 Å². The van der Waals surface area contributed by atoms with Gasteiger partial charge in [-0.1, -0.05) is 56.3 Å². The summed E-state index contributed by atoms with van der Waals surface area (Å²) in [5.41, 5.74) is 10.6. The summed E-state index contributed by atoms with van der Waals surface area (Å²) in [6.07, 6.45) is 0. The summed E-state index contributed by atoms with van der Waals surface area (Å²) < 4.78 is 2.34. The van der Waals surface area contributed by atoms with Crippen LogP contribution in [0, 0.1) is 20.8 Å². The molecule has 0 aliphatic carbocycles. The number of benzene rings is 3. The fourth-order valence-corrected chi connectivity index (χ4v) is 4.18. The van der Waals surface area contributed by atoms with Crippen LogP contribution in [0.1, 0.15) is 42.1 Å². The molecule has 0 spiro atoms. The lowest BCUT2D eigenvalue weighted by Gasteiger charge is -2.16. The average Bonchev–Trinajstić information content (AvgIpc) is 2.71. The van der Waals surface area contributed by atoms with Gasteiger partial charge in [0.05, 0.1) is 10.9 Å². The number of fused-ring (bicyclic) bond motifs is 1. The summed E-state index contributed by atoms with van der Waals surface area (Å²) >= 11 is 0. The van der Waals surface area contributed by atoms with Crippen molar-refractivity contribution in [1.82, 2.24) is 0 Å². The maximum Gasteiger partial charge on any atom is 0.220 e. The second-order valence-electron chi connectivity index (χ2n) is 8.53. The van der Waals surface area contributed by atoms with E-state index >= 15 is 0 Å². The monoisotopic (exact) mass is 380 g/mol. The maximum atomic E-state index is 2.40. The maximum absolute atomic E-state index is 2.40. The smallest absolute Gasteiger partial charge is 0.198 e. The summed E-state index contributed by atoms with van der Waals surface area (Å²) in [4.78, 5) is 0. The second kappa shape index (κ2) is 7.48. The molecule has 1 nitrogen and oxygen atoms in total. The lowest BCUT2D eigenvalue weighted by Crippen LogP contribution is -2.35. The van der Waals surface area contributed by atoms with Crippen molar-refractivity contribution in [1.29, 1.82) is 0 Å². The second-order valence-corrected chi connectivity index (χ2v) is 8.53. The molecule has 0 fully saturated rings. The van der Waals surface area contributed by atoms with E-state index in [0.29, 0.717) is 5.92 Å². The van der Waals surface area contributed by atoms with Gasteiger partial charge >= 0.3 is 0 Å². The Morgan fingerprint density at radius 1 is 0.759 bits per heavy atom. The Morgan fingerprint density at radius 3 is 2.17 bits per heavy atom. The van der Waals surface area contributed by atoms with Gasteiger partial charge in [-0.05, 0) is 71.2 Å². The van der Waals surface area contributed by atoms with Crippen molar-refractivity contribution in [2.24, 2.45) is 7.05 Å². The molecule has 1 aromatic heterocycles. The molecular weight excluding hydrogens is 350 g/mol. The standard InChI is InChI=1S/C28H30N/c1-18(2)24-14-19(3)21(5)27(17-24)28-26-13-12-23(22-10-8-7-9-11-22)16-25(26)15-20(4)29(28)6/h7-18H,1-6H3/q+1. The van der Waals surface area contributed by atoms with Gasteiger partial charge in [-0.15, -0.1) is 0 Å². The first-order valence-corrected chi connectivity index (χ1v) is 10.5. The van der Waals surface area contributed by atoms with E-state index in [9.17, 15) is 0 Å². The number of aryl methyl sites for hydroxylation is 2. The van der Waals surface area contributed by atoms with Crippen LogP contribution in [0.25, 0.3) is 33.2 Å². The molecule has 4 aromatic rings. The number of hydrogen-bond donors (Lipinski definition) is 0. The van der Waals surface area contributed by atoms with E-state index < -0.39 is 0 Å². The minimum absolute atomic E-state index is 0.513. The van der Waals surface area contributed by atoms with E-state index in [1.54, 1.807) is 0 Å². The highest BCUT2D eigenvalue weighted by molar-refractivity contribution is 5.96. The molecule has 1 heterocycles. The van der Waals surface area contributed by atoms with Crippen molar-refractivity contribution >= 4 is 10.8 Å². The molecule has 0 saturated carbocycles.